The highest BCUT2D eigenvalue weighted by molar-refractivity contribution is 6.31. The lowest BCUT2D eigenvalue weighted by Gasteiger charge is -2.26. The summed E-state index contributed by atoms with van der Waals surface area (Å²) in [6, 6.07) is 6.72. The molecule has 0 saturated carbocycles. The molecule has 0 atom stereocenters. The van der Waals surface area contributed by atoms with Gasteiger partial charge in [-0.15, -0.1) is 0 Å². The number of nitrogens with one attached hydrogen (secondary N) is 1. The fraction of sp³-hybridized carbons (Fsp3) is 0.529. The van der Waals surface area contributed by atoms with E-state index in [1.54, 1.807) is 0 Å². The van der Waals surface area contributed by atoms with Gasteiger partial charge < -0.3 is 14.8 Å². The average molecular weight is 306 g/mol. The van der Waals surface area contributed by atoms with Crippen LogP contribution in [0.25, 0.3) is 10.9 Å². The molecule has 1 fully saturated rings. The number of fused-ring (bicyclic) bond motifs is 1. The molecule has 0 aliphatic carbocycles. The highest BCUT2D eigenvalue weighted by Crippen LogP contribution is 2.28. The largest absolute Gasteiger partial charge is 0.345 e. The predicted octanol–water partition coefficient (Wildman–Crippen LogP) is 3.32. The molecule has 0 radical (unpaired) electrons. The van der Waals surface area contributed by atoms with Gasteiger partial charge in [-0.05, 0) is 38.0 Å². The van der Waals surface area contributed by atoms with E-state index >= 15 is 0 Å². The number of hydrogen-bond donors (Lipinski definition) is 1. The Labute approximate surface area is 131 Å². The minimum absolute atomic E-state index is 0.457. The smallest absolute Gasteiger partial charge is 0.0500 e. The normalized spacial score (nSPS) is 17.0. The van der Waals surface area contributed by atoms with Crippen LogP contribution in [0.15, 0.2) is 24.4 Å². The maximum atomic E-state index is 6.17. The van der Waals surface area contributed by atoms with Crippen molar-refractivity contribution in [2.45, 2.75) is 26.3 Å². The maximum Gasteiger partial charge on any atom is 0.0500 e. The van der Waals surface area contributed by atoms with E-state index in [4.69, 9.17) is 11.6 Å². The Morgan fingerprint density at radius 1 is 1.24 bits per heavy atom. The summed E-state index contributed by atoms with van der Waals surface area (Å²) in [7, 11) is 0. The van der Waals surface area contributed by atoms with Crippen LogP contribution < -0.4 is 5.32 Å². The first kappa shape index (κ1) is 14.9. The van der Waals surface area contributed by atoms with Crippen molar-refractivity contribution in [3.63, 3.8) is 0 Å². The lowest BCUT2D eigenvalue weighted by Crippen LogP contribution is -2.44. The molecule has 1 saturated heterocycles. The molecule has 2 heterocycles. The van der Waals surface area contributed by atoms with Crippen LogP contribution >= 0.6 is 11.6 Å². The van der Waals surface area contributed by atoms with E-state index in [0.29, 0.717) is 6.04 Å². The third-order valence-electron chi connectivity index (χ3n) is 4.34. The maximum absolute atomic E-state index is 6.17. The lowest BCUT2D eigenvalue weighted by molar-refractivity contribution is 0.244. The second-order valence-corrected chi connectivity index (χ2v) is 6.59. The van der Waals surface area contributed by atoms with Gasteiger partial charge in [-0.1, -0.05) is 17.7 Å². The van der Waals surface area contributed by atoms with Gasteiger partial charge in [0.2, 0.25) is 0 Å². The fourth-order valence-electron chi connectivity index (χ4n) is 3.14. The van der Waals surface area contributed by atoms with Crippen molar-refractivity contribution in [1.82, 2.24) is 14.8 Å². The molecule has 3 rings (SSSR count). The van der Waals surface area contributed by atoms with E-state index in [-0.39, 0.29) is 0 Å². The third-order valence-corrected chi connectivity index (χ3v) is 4.58. The minimum Gasteiger partial charge on any atom is -0.345 e. The summed E-state index contributed by atoms with van der Waals surface area (Å²) in [5, 5.41) is 5.57. The van der Waals surface area contributed by atoms with E-state index in [1.807, 2.05) is 6.07 Å². The molecule has 3 nitrogen and oxygen atoms in total. The van der Waals surface area contributed by atoms with Crippen LogP contribution in [-0.4, -0.2) is 42.2 Å². The van der Waals surface area contributed by atoms with Crippen molar-refractivity contribution in [1.29, 1.82) is 0 Å². The zero-order valence-corrected chi connectivity index (χ0v) is 13.7. The Kier molecular flexibility index (Phi) is 4.53. The molecule has 4 heteroatoms. The molecular weight excluding hydrogens is 282 g/mol. The number of piperazine rings is 1. The Morgan fingerprint density at radius 3 is 2.71 bits per heavy atom. The van der Waals surface area contributed by atoms with Crippen LogP contribution in [0.4, 0.5) is 0 Å². The number of hydrogen-bond acceptors (Lipinski definition) is 2. The molecular formula is C17H24ClN3. The lowest BCUT2D eigenvalue weighted by atomic mass is 10.1. The third kappa shape index (κ3) is 3.25. The van der Waals surface area contributed by atoms with Crippen LogP contribution in [0.1, 0.15) is 25.5 Å². The van der Waals surface area contributed by atoms with Gasteiger partial charge in [-0.3, -0.25) is 0 Å². The Morgan fingerprint density at radius 2 is 2.00 bits per heavy atom. The molecule has 1 aliphatic heterocycles. The van der Waals surface area contributed by atoms with Crippen LogP contribution in [0.3, 0.4) is 0 Å². The van der Waals surface area contributed by atoms with Gasteiger partial charge in [-0.25, -0.2) is 0 Å². The summed E-state index contributed by atoms with van der Waals surface area (Å²) in [4.78, 5) is 2.55. The van der Waals surface area contributed by atoms with Crippen molar-refractivity contribution >= 4 is 22.5 Å². The van der Waals surface area contributed by atoms with E-state index in [2.05, 4.69) is 47.0 Å². The zero-order chi connectivity index (χ0) is 14.8. The highest BCUT2D eigenvalue weighted by atomic mass is 35.5. The Bertz CT molecular complexity index is 612. The summed E-state index contributed by atoms with van der Waals surface area (Å²) >= 11 is 6.17. The summed E-state index contributed by atoms with van der Waals surface area (Å²) < 4.78 is 2.34. The standard InChI is InChI=1S/C17H24ClN3/c1-13(2)21-12-14(5-8-20-9-6-19-7-10-20)16-4-3-15(18)11-17(16)21/h3-4,11-13,19H,5-10H2,1-2H3. The molecule has 0 spiro atoms. The summed E-state index contributed by atoms with van der Waals surface area (Å²) in [5.74, 6) is 0. The molecule has 0 unspecified atom stereocenters. The summed E-state index contributed by atoms with van der Waals surface area (Å²) in [5.41, 5.74) is 2.70. The molecule has 1 aliphatic rings. The molecule has 1 N–H and O–H groups in total. The van der Waals surface area contributed by atoms with E-state index in [9.17, 15) is 0 Å². The Hall–Kier alpha value is -1.03. The van der Waals surface area contributed by atoms with Crippen molar-refractivity contribution in [2.24, 2.45) is 0 Å². The second-order valence-electron chi connectivity index (χ2n) is 6.16. The van der Waals surface area contributed by atoms with Crippen molar-refractivity contribution in [3.05, 3.63) is 35.0 Å². The van der Waals surface area contributed by atoms with Gasteiger partial charge in [0.05, 0.1) is 5.52 Å². The number of benzene rings is 1. The van der Waals surface area contributed by atoms with Gasteiger partial charge in [-0.2, -0.15) is 0 Å². The van der Waals surface area contributed by atoms with Crippen molar-refractivity contribution in [2.75, 3.05) is 32.7 Å². The molecule has 21 heavy (non-hydrogen) atoms. The summed E-state index contributed by atoms with van der Waals surface area (Å²) in [6.07, 6.45) is 3.42. The van der Waals surface area contributed by atoms with Crippen LogP contribution in [0.2, 0.25) is 5.02 Å². The highest BCUT2D eigenvalue weighted by Gasteiger charge is 2.14. The van der Waals surface area contributed by atoms with E-state index in [1.165, 1.54) is 16.5 Å². The van der Waals surface area contributed by atoms with Gasteiger partial charge in [0.15, 0.2) is 0 Å². The van der Waals surface area contributed by atoms with Crippen molar-refractivity contribution < 1.29 is 0 Å². The van der Waals surface area contributed by atoms with E-state index < -0.39 is 0 Å². The minimum atomic E-state index is 0.457. The van der Waals surface area contributed by atoms with Gasteiger partial charge in [0.25, 0.3) is 0 Å². The quantitative estimate of drug-likeness (QED) is 0.935. The van der Waals surface area contributed by atoms with Crippen molar-refractivity contribution in [3.8, 4) is 0 Å². The molecule has 1 aromatic heterocycles. The molecule has 2 aromatic rings. The zero-order valence-electron chi connectivity index (χ0n) is 12.9. The van der Waals surface area contributed by atoms with E-state index in [0.717, 1.165) is 44.2 Å². The number of halogens is 1. The topological polar surface area (TPSA) is 20.2 Å². The number of nitrogens with zero attached hydrogens (tertiary/aromatic N) is 2. The first-order valence-electron chi connectivity index (χ1n) is 7.87. The van der Waals surface area contributed by atoms with Crippen LogP contribution in [0, 0.1) is 0 Å². The number of aromatic nitrogens is 1. The average Bonchev–Trinajstić information content (AvgIpc) is 2.84. The van der Waals surface area contributed by atoms with Crippen LogP contribution in [0.5, 0.6) is 0 Å². The summed E-state index contributed by atoms with van der Waals surface area (Å²) in [6.45, 7) is 10.1. The molecule has 114 valence electrons. The first-order chi connectivity index (χ1) is 10.1. The molecule has 0 amide bonds. The number of rotatable bonds is 4. The van der Waals surface area contributed by atoms with Gasteiger partial charge in [0, 0.05) is 55.4 Å². The van der Waals surface area contributed by atoms with Gasteiger partial charge >= 0.3 is 0 Å². The molecule has 1 aromatic carbocycles. The monoisotopic (exact) mass is 305 g/mol. The SMILES string of the molecule is CC(C)n1cc(CCN2CCNCC2)c2ccc(Cl)cc21. The first-order valence-corrected chi connectivity index (χ1v) is 8.25. The fourth-order valence-corrected chi connectivity index (χ4v) is 3.30. The van der Waals surface area contributed by atoms with Gasteiger partial charge in [0.1, 0.15) is 0 Å². The predicted molar refractivity (Wildman–Crippen MR) is 90.3 cm³/mol. The second kappa shape index (κ2) is 6.39. The van der Waals surface area contributed by atoms with Crippen LogP contribution in [-0.2, 0) is 6.42 Å². The molecule has 0 bridgehead atoms. The Balaban J connectivity index is 1.84.